The molecule has 1 aromatic carbocycles. The highest BCUT2D eigenvalue weighted by molar-refractivity contribution is 7.92. The maximum atomic E-state index is 14.4. The van der Waals surface area contributed by atoms with Gasteiger partial charge in [-0.2, -0.15) is 0 Å². The van der Waals surface area contributed by atoms with Crippen molar-refractivity contribution in [3.8, 4) is 5.88 Å². The standard InChI is InChI=1S/C25H36FN3O4S/c1-7-9-14-33-24-19(11-13-22(28-24)25(4,5)6)16-27-23(30)17(3)18-10-12-21(20(26)15-18)29-34(31,32)8-2/h10-13,15,17,29H,7-9,14,16H2,1-6H3,(H,27,30). The molecule has 1 aromatic heterocycles. The zero-order valence-electron chi connectivity index (χ0n) is 20.9. The number of pyridine rings is 1. The van der Waals surface area contributed by atoms with E-state index in [0.29, 0.717) is 18.1 Å². The summed E-state index contributed by atoms with van der Waals surface area (Å²) in [5.41, 5.74) is 1.82. The van der Waals surface area contributed by atoms with Crippen LogP contribution in [-0.4, -0.2) is 31.7 Å². The molecular weight excluding hydrogens is 457 g/mol. The predicted octanol–water partition coefficient (Wildman–Crippen LogP) is 4.88. The van der Waals surface area contributed by atoms with E-state index in [-0.39, 0.29) is 29.3 Å². The minimum Gasteiger partial charge on any atom is -0.477 e. The van der Waals surface area contributed by atoms with Crippen molar-refractivity contribution in [2.45, 2.75) is 72.3 Å². The molecule has 7 nitrogen and oxygen atoms in total. The number of anilines is 1. The highest BCUT2D eigenvalue weighted by Crippen LogP contribution is 2.26. The summed E-state index contributed by atoms with van der Waals surface area (Å²) in [5.74, 6) is -1.32. The first kappa shape index (κ1) is 27.6. The van der Waals surface area contributed by atoms with Crippen LogP contribution in [0.2, 0.25) is 0 Å². The fraction of sp³-hybridized carbons (Fsp3) is 0.520. The minimum atomic E-state index is -3.60. The summed E-state index contributed by atoms with van der Waals surface area (Å²) >= 11 is 0. The lowest BCUT2D eigenvalue weighted by atomic mass is 9.91. The maximum absolute atomic E-state index is 14.4. The Bertz CT molecular complexity index is 1100. The van der Waals surface area contributed by atoms with Crippen molar-refractivity contribution in [1.29, 1.82) is 0 Å². The van der Waals surface area contributed by atoms with Gasteiger partial charge in [-0.1, -0.05) is 46.2 Å². The lowest BCUT2D eigenvalue weighted by Gasteiger charge is -2.20. The van der Waals surface area contributed by atoms with Crippen LogP contribution in [0.3, 0.4) is 0 Å². The van der Waals surface area contributed by atoms with E-state index in [1.165, 1.54) is 19.1 Å². The fourth-order valence-electron chi connectivity index (χ4n) is 3.07. The van der Waals surface area contributed by atoms with E-state index in [9.17, 15) is 17.6 Å². The largest absolute Gasteiger partial charge is 0.477 e. The second kappa shape index (κ2) is 11.6. The summed E-state index contributed by atoms with van der Waals surface area (Å²) in [6, 6.07) is 7.89. The Balaban J connectivity index is 2.13. The number of nitrogens with one attached hydrogen (secondary N) is 2. The van der Waals surface area contributed by atoms with Crippen LogP contribution < -0.4 is 14.8 Å². The zero-order chi connectivity index (χ0) is 25.5. The third-order valence-electron chi connectivity index (χ3n) is 5.43. The summed E-state index contributed by atoms with van der Waals surface area (Å²) in [7, 11) is -3.60. The van der Waals surface area contributed by atoms with E-state index in [1.807, 2.05) is 12.1 Å². The Morgan fingerprint density at radius 1 is 1.18 bits per heavy atom. The molecule has 0 bridgehead atoms. The number of amides is 1. The third kappa shape index (κ3) is 7.68. The van der Waals surface area contributed by atoms with E-state index in [0.717, 1.165) is 24.1 Å². The van der Waals surface area contributed by atoms with Gasteiger partial charge in [-0.25, -0.2) is 17.8 Å². The number of benzene rings is 1. The highest BCUT2D eigenvalue weighted by atomic mass is 32.2. The SMILES string of the molecule is CCCCOc1nc(C(C)(C)C)ccc1CNC(=O)C(C)c1ccc(NS(=O)(=O)CC)c(F)c1. The van der Waals surface area contributed by atoms with Crippen molar-refractivity contribution in [1.82, 2.24) is 10.3 Å². The van der Waals surface area contributed by atoms with Gasteiger partial charge in [0.05, 0.1) is 24.0 Å². The number of hydrogen-bond donors (Lipinski definition) is 2. The van der Waals surface area contributed by atoms with Gasteiger partial charge in [0.15, 0.2) is 0 Å². The quantitative estimate of drug-likeness (QED) is 0.435. The van der Waals surface area contributed by atoms with Gasteiger partial charge in [0.1, 0.15) is 5.82 Å². The minimum absolute atomic E-state index is 0.138. The first-order chi connectivity index (χ1) is 15.9. The van der Waals surface area contributed by atoms with Crippen LogP contribution in [0.25, 0.3) is 0 Å². The normalized spacial score (nSPS) is 12.8. The van der Waals surface area contributed by atoms with E-state index < -0.39 is 21.8 Å². The van der Waals surface area contributed by atoms with E-state index >= 15 is 0 Å². The first-order valence-corrected chi connectivity index (χ1v) is 13.2. The van der Waals surface area contributed by atoms with Crippen molar-refractivity contribution in [2.75, 3.05) is 17.1 Å². The van der Waals surface area contributed by atoms with Gasteiger partial charge in [0.2, 0.25) is 21.8 Å². The third-order valence-corrected chi connectivity index (χ3v) is 6.72. The van der Waals surface area contributed by atoms with Gasteiger partial charge >= 0.3 is 0 Å². The molecule has 0 saturated carbocycles. The molecule has 0 aliphatic rings. The van der Waals surface area contributed by atoms with Crippen LogP contribution >= 0.6 is 0 Å². The summed E-state index contributed by atoms with van der Waals surface area (Å²) in [4.78, 5) is 17.5. The number of unbranched alkanes of at least 4 members (excludes halogenated alkanes) is 1. The molecule has 2 aromatic rings. The van der Waals surface area contributed by atoms with Crippen LogP contribution in [0, 0.1) is 5.82 Å². The monoisotopic (exact) mass is 493 g/mol. The Hall–Kier alpha value is -2.68. The van der Waals surface area contributed by atoms with Gasteiger partial charge in [-0.3, -0.25) is 9.52 Å². The van der Waals surface area contributed by atoms with Crippen molar-refractivity contribution in [3.05, 3.63) is 53.0 Å². The lowest BCUT2D eigenvalue weighted by Crippen LogP contribution is -2.28. The number of nitrogens with zero attached hydrogens (tertiary/aromatic N) is 1. The average Bonchev–Trinajstić information content (AvgIpc) is 2.78. The fourth-order valence-corrected chi connectivity index (χ4v) is 3.71. The topological polar surface area (TPSA) is 97.4 Å². The predicted molar refractivity (Wildman–Crippen MR) is 133 cm³/mol. The van der Waals surface area contributed by atoms with Crippen molar-refractivity contribution < 1.29 is 22.3 Å². The van der Waals surface area contributed by atoms with Gasteiger partial charge < -0.3 is 10.1 Å². The Morgan fingerprint density at radius 3 is 2.47 bits per heavy atom. The molecule has 188 valence electrons. The lowest BCUT2D eigenvalue weighted by molar-refractivity contribution is -0.122. The number of sulfonamides is 1. The van der Waals surface area contributed by atoms with Crippen LogP contribution in [0.15, 0.2) is 30.3 Å². The second-order valence-corrected chi connectivity index (χ2v) is 11.3. The highest BCUT2D eigenvalue weighted by Gasteiger charge is 2.21. The van der Waals surface area contributed by atoms with E-state index in [4.69, 9.17) is 4.74 Å². The van der Waals surface area contributed by atoms with Gasteiger partial charge in [0.25, 0.3) is 0 Å². The molecule has 1 heterocycles. The number of halogens is 1. The number of aromatic nitrogens is 1. The number of carbonyl (C=O) groups is 1. The Kier molecular flexibility index (Phi) is 9.44. The molecule has 9 heteroatoms. The molecule has 2 rings (SSSR count). The molecule has 0 radical (unpaired) electrons. The number of hydrogen-bond acceptors (Lipinski definition) is 5. The number of rotatable bonds is 11. The van der Waals surface area contributed by atoms with Crippen LogP contribution in [0.1, 0.15) is 77.1 Å². The van der Waals surface area contributed by atoms with Crippen LogP contribution in [0.5, 0.6) is 5.88 Å². The molecule has 2 N–H and O–H groups in total. The van der Waals surface area contributed by atoms with Gasteiger partial charge in [-0.15, -0.1) is 0 Å². The van der Waals surface area contributed by atoms with Crippen molar-refractivity contribution in [2.24, 2.45) is 0 Å². The molecule has 0 saturated heterocycles. The molecule has 0 fully saturated rings. The Morgan fingerprint density at radius 2 is 1.88 bits per heavy atom. The van der Waals surface area contributed by atoms with Crippen molar-refractivity contribution >= 4 is 21.6 Å². The molecular formula is C25H36FN3O4S. The summed E-state index contributed by atoms with van der Waals surface area (Å²) in [6.07, 6.45) is 1.90. The first-order valence-electron chi connectivity index (χ1n) is 11.6. The molecule has 1 atom stereocenters. The molecule has 0 aliphatic carbocycles. The van der Waals surface area contributed by atoms with Gasteiger partial charge in [0, 0.05) is 23.2 Å². The maximum Gasteiger partial charge on any atom is 0.232 e. The van der Waals surface area contributed by atoms with E-state index in [2.05, 4.69) is 42.7 Å². The Labute approximate surface area is 202 Å². The van der Waals surface area contributed by atoms with Crippen LogP contribution in [-0.2, 0) is 26.8 Å². The molecule has 1 unspecified atom stereocenters. The van der Waals surface area contributed by atoms with E-state index in [1.54, 1.807) is 13.0 Å². The number of ether oxygens (including phenoxy) is 1. The zero-order valence-corrected chi connectivity index (χ0v) is 21.7. The molecule has 34 heavy (non-hydrogen) atoms. The molecule has 0 spiro atoms. The van der Waals surface area contributed by atoms with Crippen molar-refractivity contribution in [3.63, 3.8) is 0 Å². The second-order valence-electron chi connectivity index (χ2n) is 9.30. The smallest absolute Gasteiger partial charge is 0.232 e. The molecule has 1 amide bonds. The summed E-state index contributed by atoms with van der Waals surface area (Å²) < 4.78 is 45.9. The van der Waals surface area contributed by atoms with Crippen LogP contribution in [0.4, 0.5) is 10.1 Å². The number of carbonyl (C=O) groups excluding carboxylic acids is 1. The van der Waals surface area contributed by atoms with Gasteiger partial charge in [-0.05, 0) is 44.0 Å². The molecule has 0 aliphatic heterocycles. The average molecular weight is 494 g/mol. The summed E-state index contributed by atoms with van der Waals surface area (Å²) in [6.45, 7) is 12.2. The summed E-state index contributed by atoms with van der Waals surface area (Å²) in [5, 5.41) is 2.87.